The second-order valence-electron chi connectivity index (χ2n) is 7.33. The Balaban J connectivity index is 0.00000341. The van der Waals surface area contributed by atoms with Gasteiger partial charge in [-0.2, -0.15) is 0 Å². The number of hydrogen-bond acceptors (Lipinski definition) is 4. The van der Waals surface area contributed by atoms with Gasteiger partial charge in [-0.25, -0.2) is 9.38 Å². The topological polar surface area (TPSA) is 64.1 Å². The molecule has 6 nitrogen and oxygen atoms in total. The molecule has 0 spiro atoms. The van der Waals surface area contributed by atoms with Crippen LogP contribution in [0.2, 0.25) is 0 Å². The highest BCUT2D eigenvalue weighted by Gasteiger charge is 2.44. The monoisotopic (exact) mass is 543 g/mol. The van der Waals surface area contributed by atoms with Gasteiger partial charge in [0.05, 0.1) is 27.9 Å². The van der Waals surface area contributed by atoms with Crippen molar-refractivity contribution in [3.63, 3.8) is 0 Å². The highest BCUT2D eigenvalue weighted by Crippen LogP contribution is 2.47. The van der Waals surface area contributed by atoms with E-state index in [0.29, 0.717) is 36.3 Å². The van der Waals surface area contributed by atoms with E-state index in [2.05, 4.69) is 10.6 Å². The third kappa shape index (κ3) is 5.93. The van der Waals surface area contributed by atoms with Gasteiger partial charge < -0.3 is 24.8 Å². The summed E-state index contributed by atoms with van der Waals surface area (Å²) in [5.41, 5.74) is 1.89. The molecule has 0 amide bonds. The van der Waals surface area contributed by atoms with Gasteiger partial charge in [0.2, 0.25) is 5.75 Å². The van der Waals surface area contributed by atoms with Crippen LogP contribution in [0.3, 0.4) is 0 Å². The van der Waals surface area contributed by atoms with E-state index in [1.165, 1.54) is 6.07 Å². The van der Waals surface area contributed by atoms with Gasteiger partial charge in [-0.1, -0.05) is 12.1 Å². The first-order chi connectivity index (χ1) is 14.6. The zero-order chi connectivity index (χ0) is 21.6. The fourth-order valence-corrected chi connectivity index (χ4v) is 3.58. The first-order valence-electron chi connectivity index (χ1n) is 10.1. The molecule has 0 bridgehead atoms. The number of rotatable bonds is 9. The molecule has 8 heteroatoms. The van der Waals surface area contributed by atoms with Crippen molar-refractivity contribution in [1.29, 1.82) is 0 Å². The van der Waals surface area contributed by atoms with E-state index in [-0.39, 0.29) is 35.2 Å². The van der Waals surface area contributed by atoms with E-state index in [0.717, 1.165) is 30.5 Å². The van der Waals surface area contributed by atoms with Crippen LogP contribution >= 0.6 is 24.0 Å². The Morgan fingerprint density at radius 2 is 1.77 bits per heavy atom. The van der Waals surface area contributed by atoms with Gasteiger partial charge in [0.25, 0.3) is 0 Å². The number of nitrogens with zero attached hydrogens (tertiary/aromatic N) is 1. The van der Waals surface area contributed by atoms with Crippen LogP contribution in [0.15, 0.2) is 41.4 Å². The van der Waals surface area contributed by atoms with Gasteiger partial charge in [-0.3, -0.25) is 0 Å². The van der Waals surface area contributed by atoms with Crippen LogP contribution < -0.4 is 24.8 Å². The van der Waals surface area contributed by atoms with Gasteiger partial charge in [-0.05, 0) is 49.6 Å². The second-order valence-corrected chi connectivity index (χ2v) is 7.33. The molecule has 3 rings (SSSR count). The maximum absolute atomic E-state index is 13.7. The highest BCUT2D eigenvalue weighted by molar-refractivity contribution is 14.0. The highest BCUT2D eigenvalue weighted by atomic mass is 127. The van der Waals surface area contributed by atoms with Crippen molar-refractivity contribution >= 4 is 29.9 Å². The molecule has 2 aromatic carbocycles. The molecule has 0 atom stereocenters. The Morgan fingerprint density at radius 3 is 2.35 bits per heavy atom. The molecule has 31 heavy (non-hydrogen) atoms. The van der Waals surface area contributed by atoms with Crippen LogP contribution in [0.5, 0.6) is 17.2 Å². The number of benzene rings is 2. The number of nitrogens with one attached hydrogen (secondary N) is 2. The molecule has 1 fully saturated rings. The SMILES string of the molecule is CCNC(=NCc1ccc(OC)c(OC)c1OC)NCC1(c2cccc(F)c2)CC1.I. The van der Waals surface area contributed by atoms with E-state index < -0.39 is 0 Å². The molecule has 1 aliphatic rings. The molecule has 170 valence electrons. The molecule has 1 saturated carbocycles. The first-order valence-corrected chi connectivity index (χ1v) is 10.1. The number of guanidine groups is 1. The van der Waals surface area contributed by atoms with Gasteiger partial charge in [-0.15, -0.1) is 24.0 Å². The summed E-state index contributed by atoms with van der Waals surface area (Å²) in [6.45, 7) is 3.87. The van der Waals surface area contributed by atoms with Gasteiger partial charge in [0.15, 0.2) is 17.5 Å². The van der Waals surface area contributed by atoms with Gasteiger partial charge >= 0.3 is 0 Å². The molecule has 2 N–H and O–H groups in total. The number of ether oxygens (including phenoxy) is 3. The predicted molar refractivity (Wildman–Crippen MR) is 132 cm³/mol. The van der Waals surface area contributed by atoms with Crippen LogP contribution in [0.4, 0.5) is 4.39 Å². The summed E-state index contributed by atoms with van der Waals surface area (Å²) in [5.74, 6) is 2.28. The molecule has 0 unspecified atom stereocenters. The Morgan fingerprint density at radius 1 is 1.03 bits per heavy atom. The summed E-state index contributed by atoms with van der Waals surface area (Å²) >= 11 is 0. The van der Waals surface area contributed by atoms with Crippen LogP contribution in [-0.4, -0.2) is 40.4 Å². The predicted octanol–water partition coefficient (Wildman–Crippen LogP) is 4.26. The molecule has 2 aromatic rings. The van der Waals surface area contributed by atoms with Crippen molar-refractivity contribution in [3.8, 4) is 17.2 Å². The van der Waals surface area contributed by atoms with Crippen molar-refractivity contribution in [2.24, 2.45) is 4.99 Å². The molecule has 0 radical (unpaired) electrons. The molecular weight excluding hydrogens is 512 g/mol. The second kappa shape index (κ2) is 11.4. The average Bonchev–Trinajstić information content (AvgIpc) is 3.56. The van der Waals surface area contributed by atoms with E-state index in [4.69, 9.17) is 19.2 Å². The van der Waals surface area contributed by atoms with E-state index in [1.54, 1.807) is 33.5 Å². The summed E-state index contributed by atoms with van der Waals surface area (Å²) < 4.78 is 30.0. The third-order valence-electron chi connectivity index (χ3n) is 5.42. The minimum atomic E-state index is -0.195. The molecule has 0 saturated heterocycles. The lowest BCUT2D eigenvalue weighted by atomic mass is 9.96. The van der Waals surface area contributed by atoms with E-state index in [9.17, 15) is 4.39 Å². The Hall–Kier alpha value is -2.23. The Labute approximate surface area is 200 Å². The number of aliphatic imine (C=N–C) groups is 1. The molecule has 0 aromatic heterocycles. The summed E-state index contributed by atoms with van der Waals surface area (Å²) in [7, 11) is 4.78. The van der Waals surface area contributed by atoms with Crippen molar-refractivity contribution in [3.05, 3.63) is 53.3 Å². The first kappa shape index (κ1) is 25.0. The maximum Gasteiger partial charge on any atom is 0.203 e. The summed E-state index contributed by atoms with van der Waals surface area (Å²) in [6.07, 6.45) is 2.07. The zero-order valence-electron chi connectivity index (χ0n) is 18.5. The fourth-order valence-electron chi connectivity index (χ4n) is 3.58. The molecule has 0 heterocycles. The van der Waals surface area contributed by atoms with Gasteiger partial charge in [0, 0.05) is 24.1 Å². The Kier molecular flexibility index (Phi) is 9.21. The number of halogens is 2. The van der Waals surface area contributed by atoms with Crippen LogP contribution in [-0.2, 0) is 12.0 Å². The van der Waals surface area contributed by atoms with E-state index >= 15 is 0 Å². The molecule has 0 aliphatic heterocycles. The minimum absolute atomic E-state index is 0. The third-order valence-corrected chi connectivity index (χ3v) is 5.42. The van der Waals surface area contributed by atoms with Crippen molar-refractivity contribution in [2.45, 2.75) is 31.7 Å². The summed E-state index contributed by atoms with van der Waals surface area (Å²) in [5, 5.41) is 6.69. The van der Waals surface area contributed by atoms with Crippen LogP contribution in [0.1, 0.15) is 30.9 Å². The summed E-state index contributed by atoms with van der Waals surface area (Å²) in [6, 6.07) is 10.6. The number of methoxy groups -OCH3 is 3. The largest absolute Gasteiger partial charge is 0.493 e. The lowest BCUT2D eigenvalue weighted by molar-refractivity contribution is 0.322. The number of hydrogen-bond donors (Lipinski definition) is 2. The maximum atomic E-state index is 13.7. The standard InChI is InChI=1S/C23H30FN3O3.HI/c1-5-25-22(27-15-23(11-12-23)17-7-6-8-18(24)13-17)26-14-16-9-10-19(28-2)21(30-4)20(16)29-3;/h6-10,13H,5,11-12,14-15H2,1-4H3,(H2,25,26,27);1H. The fraction of sp³-hybridized carbons (Fsp3) is 0.435. The quantitative estimate of drug-likeness (QED) is 0.281. The molecule has 1 aliphatic carbocycles. The smallest absolute Gasteiger partial charge is 0.203 e. The molecular formula is C23H31FIN3O3. The van der Waals surface area contributed by atoms with Crippen LogP contribution in [0.25, 0.3) is 0 Å². The summed E-state index contributed by atoms with van der Waals surface area (Å²) in [4.78, 5) is 4.71. The Bertz CT molecular complexity index is 904. The van der Waals surface area contributed by atoms with Crippen molar-refractivity contribution in [1.82, 2.24) is 10.6 Å². The average molecular weight is 543 g/mol. The van der Waals surface area contributed by atoms with Crippen molar-refractivity contribution in [2.75, 3.05) is 34.4 Å². The van der Waals surface area contributed by atoms with Gasteiger partial charge in [0.1, 0.15) is 5.82 Å². The zero-order valence-corrected chi connectivity index (χ0v) is 20.8. The lowest BCUT2D eigenvalue weighted by Gasteiger charge is -2.19. The normalized spacial score (nSPS) is 14.3. The van der Waals surface area contributed by atoms with E-state index in [1.807, 2.05) is 25.1 Å². The van der Waals surface area contributed by atoms with Crippen LogP contribution in [0, 0.1) is 5.82 Å². The lowest BCUT2D eigenvalue weighted by Crippen LogP contribution is -2.41. The minimum Gasteiger partial charge on any atom is -0.493 e. The van der Waals surface area contributed by atoms with Crippen molar-refractivity contribution < 1.29 is 18.6 Å².